The number of hydrogen-bond donors (Lipinski definition) is 5. The molecule has 4 rings (SSSR count). The molecule has 0 saturated heterocycles. The fourth-order valence-electron chi connectivity index (χ4n) is 4.92. The van der Waals surface area contributed by atoms with E-state index in [1.165, 1.54) is 0 Å². The summed E-state index contributed by atoms with van der Waals surface area (Å²) in [5, 5.41) is 27.5. The van der Waals surface area contributed by atoms with Crippen LogP contribution in [0.25, 0.3) is 10.9 Å². The molecule has 0 saturated carbocycles. The third kappa shape index (κ3) is 8.29. The van der Waals surface area contributed by atoms with Gasteiger partial charge in [-0.15, -0.1) is 0 Å². The molecule has 236 valence electrons. The zero-order chi connectivity index (χ0) is 32.1. The van der Waals surface area contributed by atoms with Crippen molar-refractivity contribution in [1.29, 1.82) is 0 Å². The molecule has 5 N–H and O–H groups in total. The monoisotopic (exact) mass is 617 g/mol. The summed E-state index contributed by atoms with van der Waals surface area (Å²) < 4.78 is 12.1. The van der Waals surface area contributed by atoms with Gasteiger partial charge in [-0.05, 0) is 90.6 Å². The second kappa shape index (κ2) is 14.0. The van der Waals surface area contributed by atoms with Crippen molar-refractivity contribution in [3.05, 3.63) is 94.7 Å². The maximum atomic E-state index is 12.9. The molecule has 3 aromatic carbocycles. The second-order valence-electron chi connectivity index (χ2n) is 13.1. The number of ether oxygens (including phenoxy) is 1. The molecule has 1 heterocycles. The number of aromatic nitrogens is 1. The molecule has 1 amide bonds. The van der Waals surface area contributed by atoms with E-state index < -0.39 is 8.32 Å². The fourth-order valence-corrected chi connectivity index (χ4v) is 6.20. The number of H-pyrrole nitrogens is 1. The molecule has 9 heteroatoms. The maximum Gasteiger partial charge on any atom is 0.267 e. The van der Waals surface area contributed by atoms with Crippen LogP contribution in [0.2, 0.25) is 18.1 Å². The first-order valence-corrected chi connectivity index (χ1v) is 18.1. The van der Waals surface area contributed by atoms with Gasteiger partial charge >= 0.3 is 0 Å². The molecule has 0 aliphatic carbocycles. The number of carbonyl (C=O) groups is 1. The number of rotatable bonds is 13. The minimum absolute atomic E-state index is 0.0322. The number of amides is 1. The van der Waals surface area contributed by atoms with Crippen molar-refractivity contribution in [3.8, 4) is 11.5 Å². The number of carbonyl (C=O) groups excluding carboxylic acids is 1. The highest BCUT2D eigenvalue weighted by molar-refractivity contribution is 6.74. The Labute approximate surface area is 261 Å². The molecule has 1 aromatic heterocycles. The van der Waals surface area contributed by atoms with Gasteiger partial charge in [0.1, 0.15) is 17.2 Å². The number of phenols is 1. The predicted molar refractivity (Wildman–Crippen MR) is 179 cm³/mol. The van der Waals surface area contributed by atoms with Gasteiger partial charge in [-0.2, -0.15) is 0 Å². The topological polar surface area (TPSA) is 116 Å². The molecule has 4 aromatic rings. The Kier molecular flexibility index (Phi) is 10.6. The van der Waals surface area contributed by atoms with Gasteiger partial charge in [0.15, 0.2) is 8.32 Å². The molecule has 0 radical (unpaired) electrons. The van der Waals surface area contributed by atoms with E-state index in [4.69, 9.17) is 9.16 Å². The van der Waals surface area contributed by atoms with Crippen molar-refractivity contribution < 1.29 is 24.2 Å². The Morgan fingerprint density at radius 1 is 1.02 bits per heavy atom. The highest BCUT2D eigenvalue weighted by Gasteiger charge is 2.39. The van der Waals surface area contributed by atoms with Gasteiger partial charge in [0.05, 0.1) is 19.8 Å². The lowest BCUT2D eigenvalue weighted by molar-refractivity contribution is 0.0946. The molecule has 0 aliphatic heterocycles. The van der Waals surface area contributed by atoms with Crippen LogP contribution in [0, 0.1) is 0 Å². The lowest BCUT2D eigenvalue weighted by atomic mass is 10.0. The van der Waals surface area contributed by atoms with E-state index in [9.17, 15) is 15.0 Å². The van der Waals surface area contributed by atoms with Crippen LogP contribution in [0.4, 0.5) is 0 Å². The molecule has 2 atom stereocenters. The minimum atomic E-state index is -2.11. The van der Waals surface area contributed by atoms with Gasteiger partial charge in [-0.3, -0.25) is 4.79 Å². The van der Waals surface area contributed by atoms with Crippen molar-refractivity contribution >= 4 is 25.1 Å². The van der Waals surface area contributed by atoms with Crippen molar-refractivity contribution in [2.75, 3.05) is 13.7 Å². The highest BCUT2D eigenvalue weighted by atomic mass is 28.4. The third-order valence-corrected chi connectivity index (χ3v) is 13.1. The van der Waals surface area contributed by atoms with E-state index >= 15 is 0 Å². The van der Waals surface area contributed by atoms with Gasteiger partial charge in [-0.25, -0.2) is 0 Å². The Morgan fingerprint density at radius 2 is 1.80 bits per heavy atom. The second-order valence-corrected chi connectivity index (χ2v) is 17.8. The average Bonchev–Trinajstić information content (AvgIpc) is 3.41. The largest absolute Gasteiger partial charge is 0.508 e. The van der Waals surface area contributed by atoms with Gasteiger partial charge in [0.25, 0.3) is 5.91 Å². The van der Waals surface area contributed by atoms with Crippen LogP contribution in [-0.2, 0) is 24.0 Å². The minimum Gasteiger partial charge on any atom is -0.508 e. The molecule has 44 heavy (non-hydrogen) atoms. The molecule has 0 bridgehead atoms. The van der Waals surface area contributed by atoms with E-state index in [-0.39, 0.29) is 35.4 Å². The number of aromatic amines is 1. The summed E-state index contributed by atoms with van der Waals surface area (Å²) in [7, 11) is -0.487. The number of methoxy groups -OCH3 is 1. The number of nitrogens with one attached hydrogen (secondary N) is 3. The molecular formula is C35H47N3O5Si. The zero-order valence-corrected chi connectivity index (χ0v) is 28.0. The standard InChI is InChI=1S/C35H47N3O5Si/c1-23(36-21-33(43-44(6,7)35(2,3)4)26-12-14-32(40)28(18-26)22-39)15-24-11-13-30-27(16-24)19-31(38-30)34(41)37-20-25-9-8-10-29(17-25)42-5/h8-14,16-19,23,33,36,38-40H,15,20-22H2,1-7H3,(H,37,41)/t23-,33+/m1/s1. The number of aliphatic hydroxyl groups excluding tert-OH is 1. The van der Waals surface area contributed by atoms with Gasteiger partial charge in [-0.1, -0.05) is 45.0 Å². The number of benzene rings is 3. The Morgan fingerprint density at radius 3 is 2.50 bits per heavy atom. The normalized spacial score (nSPS) is 13.5. The first-order chi connectivity index (χ1) is 20.8. The molecule has 0 unspecified atom stereocenters. The van der Waals surface area contributed by atoms with Crippen LogP contribution >= 0.6 is 0 Å². The summed E-state index contributed by atoms with van der Waals surface area (Å²) in [5.41, 5.74) is 4.99. The molecule has 0 aliphatic rings. The maximum absolute atomic E-state index is 12.9. The van der Waals surface area contributed by atoms with Crippen LogP contribution < -0.4 is 15.4 Å². The summed E-state index contributed by atoms with van der Waals surface area (Å²) >= 11 is 0. The fraction of sp³-hybridized carbons (Fsp3) is 0.400. The number of aliphatic hydroxyl groups is 1. The third-order valence-electron chi connectivity index (χ3n) is 8.60. The lowest BCUT2D eigenvalue weighted by Gasteiger charge is -2.40. The van der Waals surface area contributed by atoms with Crippen molar-refractivity contribution in [2.45, 2.75) is 77.5 Å². The van der Waals surface area contributed by atoms with Crippen molar-refractivity contribution in [1.82, 2.24) is 15.6 Å². The number of aromatic hydroxyl groups is 1. The Bertz CT molecular complexity index is 1580. The Balaban J connectivity index is 1.41. The van der Waals surface area contributed by atoms with Gasteiger partial charge in [0.2, 0.25) is 0 Å². The van der Waals surface area contributed by atoms with E-state index in [2.05, 4.69) is 68.5 Å². The smallest absolute Gasteiger partial charge is 0.267 e. The Hall–Kier alpha value is -3.63. The summed E-state index contributed by atoms with van der Waals surface area (Å²) in [6.45, 7) is 14.0. The van der Waals surface area contributed by atoms with Crippen LogP contribution in [-0.4, -0.2) is 49.1 Å². The number of hydrogen-bond acceptors (Lipinski definition) is 6. The van der Waals surface area contributed by atoms with Crippen molar-refractivity contribution in [3.63, 3.8) is 0 Å². The van der Waals surface area contributed by atoms with Gasteiger partial charge in [0, 0.05) is 35.6 Å². The lowest BCUT2D eigenvalue weighted by Crippen LogP contribution is -2.44. The van der Waals surface area contributed by atoms with E-state index in [1.807, 2.05) is 48.5 Å². The highest BCUT2D eigenvalue weighted by Crippen LogP contribution is 2.40. The molecule has 0 fully saturated rings. The van der Waals surface area contributed by atoms with Crippen LogP contribution in [0.15, 0.2) is 66.7 Å². The summed E-state index contributed by atoms with van der Waals surface area (Å²) in [5.74, 6) is 0.682. The van der Waals surface area contributed by atoms with E-state index in [0.29, 0.717) is 24.3 Å². The molecular weight excluding hydrogens is 570 g/mol. The van der Waals surface area contributed by atoms with Crippen LogP contribution in [0.3, 0.4) is 0 Å². The van der Waals surface area contributed by atoms with E-state index in [1.54, 1.807) is 13.2 Å². The SMILES string of the molecule is COc1cccc(CNC(=O)c2cc3cc(C[C@@H](C)NC[C@H](O[Si](C)(C)C(C)(C)C)c4ccc(O)c(CO)c4)ccc3[nH]2)c1. The summed E-state index contributed by atoms with van der Waals surface area (Å²) in [6, 6.07) is 21.3. The molecule has 8 nitrogen and oxygen atoms in total. The zero-order valence-electron chi connectivity index (χ0n) is 27.0. The first-order valence-electron chi connectivity index (χ1n) is 15.2. The van der Waals surface area contributed by atoms with Crippen LogP contribution in [0.1, 0.15) is 66.5 Å². The van der Waals surface area contributed by atoms with Crippen LogP contribution in [0.5, 0.6) is 11.5 Å². The first kappa shape index (κ1) is 33.3. The van der Waals surface area contributed by atoms with Crippen molar-refractivity contribution in [2.24, 2.45) is 0 Å². The predicted octanol–water partition coefficient (Wildman–Crippen LogP) is 6.59. The average molecular weight is 618 g/mol. The van der Waals surface area contributed by atoms with Gasteiger partial charge < -0.3 is 35.0 Å². The quantitative estimate of drug-likeness (QED) is 0.108. The molecule has 0 spiro atoms. The number of fused-ring (bicyclic) bond motifs is 1. The summed E-state index contributed by atoms with van der Waals surface area (Å²) in [4.78, 5) is 16.1. The van der Waals surface area contributed by atoms with E-state index in [0.717, 1.165) is 39.8 Å². The summed E-state index contributed by atoms with van der Waals surface area (Å²) in [6.07, 6.45) is 0.567.